The molecule has 110 valence electrons. The van der Waals surface area contributed by atoms with Crippen LogP contribution in [0.2, 0.25) is 0 Å². The van der Waals surface area contributed by atoms with Gasteiger partial charge in [-0.25, -0.2) is 0 Å². The lowest BCUT2D eigenvalue weighted by atomic mass is 10.1. The van der Waals surface area contributed by atoms with Crippen LogP contribution in [-0.2, 0) is 22.6 Å². The van der Waals surface area contributed by atoms with Gasteiger partial charge in [0.1, 0.15) is 0 Å². The number of hydrogen-bond donors (Lipinski definition) is 3. The van der Waals surface area contributed by atoms with E-state index in [9.17, 15) is 9.59 Å². The Balaban J connectivity index is 2.43. The molecule has 0 unspecified atom stereocenters. The molecule has 0 fully saturated rings. The van der Waals surface area contributed by atoms with E-state index < -0.39 is 11.8 Å². The normalized spacial score (nSPS) is 11.8. The van der Waals surface area contributed by atoms with Crippen LogP contribution < -0.4 is 10.6 Å². The number of carbonyl (C=O) groups is 2. The van der Waals surface area contributed by atoms with Gasteiger partial charge in [0.05, 0.1) is 12.6 Å². The van der Waals surface area contributed by atoms with Crippen LogP contribution in [-0.4, -0.2) is 29.6 Å². The van der Waals surface area contributed by atoms with Crippen LogP contribution in [0, 0.1) is 0 Å². The van der Waals surface area contributed by atoms with Crippen molar-refractivity contribution < 1.29 is 14.7 Å². The number of aliphatic hydroxyl groups is 1. The topological polar surface area (TPSA) is 78.4 Å². The summed E-state index contributed by atoms with van der Waals surface area (Å²) in [6.07, 6.45) is 1.54. The molecule has 1 aromatic rings. The summed E-state index contributed by atoms with van der Waals surface area (Å²) in [5.41, 5.74) is 2.17. The zero-order valence-electron chi connectivity index (χ0n) is 12.0. The van der Waals surface area contributed by atoms with Crippen molar-refractivity contribution in [1.82, 2.24) is 10.6 Å². The number of benzene rings is 1. The van der Waals surface area contributed by atoms with Gasteiger partial charge in [-0.2, -0.15) is 0 Å². The number of carbonyl (C=O) groups excluding carboxylic acids is 2. The lowest BCUT2D eigenvalue weighted by Gasteiger charge is -2.13. The summed E-state index contributed by atoms with van der Waals surface area (Å²) in [6, 6.07) is 7.48. The minimum atomic E-state index is -0.712. The number of amides is 2. The molecule has 0 aliphatic carbocycles. The van der Waals surface area contributed by atoms with E-state index >= 15 is 0 Å². The van der Waals surface area contributed by atoms with Crippen molar-refractivity contribution in [3.05, 3.63) is 35.4 Å². The SMILES string of the molecule is CCc1ccc(CNC(=O)C(=O)N[C@H](CC)CO)cc1. The molecule has 0 heterocycles. The standard InChI is InChI=1S/C15H22N2O3/c1-3-11-5-7-12(8-6-11)9-16-14(19)15(20)17-13(4-2)10-18/h5-8,13,18H,3-4,9-10H2,1-2H3,(H,16,19)(H,17,20)/t13-/m1/s1. The number of rotatable bonds is 6. The fourth-order valence-electron chi connectivity index (χ4n) is 1.68. The predicted octanol–water partition coefficient (Wildman–Crippen LogP) is 0.752. The van der Waals surface area contributed by atoms with Gasteiger partial charge in [0.2, 0.25) is 0 Å². The molecule has 3 N–H and O–H groups in total. The molecular weight excluding hydrogens is 256 g/mol. The van der Waals surface area contributed by atoms with Crippen molar-refractivity contribution in [1.29, 1.82) is 0 Å². The molecule has 0 saturated carbocycles. The molecule has 0 bridgehead atoms. The van der Waals surface area contributed by atoms with E-state index in [-0.39, 0.29) is 12.6 Å². The van der Waals surface area contributed by atoms with Gasteiger partial charge in [0.15, 0.2) is 0 Å². The summed E-state index contributed by atoms with van der Waals surface area (Å²) in [5.74, 6) is -1.40. The van der Waals surface area contributed by atoms with Crippen LogP contribution in [0.1, 0.15) is 31.4 Å². The summed E-state index contributed by atoms with van der Waals surface area (Å²) in [4.78, 5) is 23.2. The van der Waals surface area contributed by atoms with Crippen LogP contribution in [0.5, 0.6) is 0 Å². The van der Waals surface area contributed by atoms with Gasteiger partial charge in [-0.15, -0.1) is 0 Å². The highest BCUT2D eigenvalue weighted by molar-refractivity contribution is 6.35. The first kappa shape index (κ1) is 16.2. The molecule has 0 aliphatic rings. The minimum Gasteiger partial charge on any atom is -0.394 e. The Kier molecular flexibility index (Phi) is 6.73. The summed E-state index contributed by atoms with van der Waals surface area (Å²) < 4.78 is 0. The Labute approximate surface area is 119 Å². The zero-order chi connectivity index (χ0) is 15.0. The van der Waals surface area contributed by atoms with E-state index in [0.717, 1.165) is 12.0 Å². The van der Waals surface area contributed by atoms with Crippen LogP contribution in [0.4, 0.5) is 0 Å². The van der Waals surface area contributed by atoms with E-state index in [2.05, 4.69) is 17.6 Å². The van der Waals surface area contributed by atoms with Crippen LogP contribution in [0.25, 0.3) is 0 Å². The monoisotopic (exact) mass is 278 g/mol. The predicted molar refractivity (Wildman–Crippen MR) is 77.0 cm³/mol. The van der Waals surface area contributed by atoms with Gasteiger partial charge in [0.25, 0.3) is 0 Å². The molecule has 1 atom stereocenters. The largest absolute Gasteiger partial charge is 0.394 e. The quantitative estimate of drug-likeness (QED) is 0.672. The van der Waals surface area contributed by atoms with Crippen LogP contribution >= 0.6 is 0 Å². The Morgan fingerprint density at radius 1 is 1.10 bits per heavy atom. The number of hydrogen-bond acceptors (Lipinski definition) is 3. The van der Waals surface area contributed by atoms with Crippen LogP contribution in [0.3, 0.4) is 0 Å². The molecule has 0 spiro atoms. The second-order valence-corrected chi connectivity index (χ2v) is 4.61. The van der Waals surface area contributed by atoms with Gasteiger partial charge in [-0.05, 0) is 24.0 Å². The lowest BCUT2D eigenvalue weighted by molar-refractivity contribution is -0.139. The second-order valence-electron chi connectivity index (χ2n) is 4.61. The maximum absolute atomic E-state index is 11.6. The summed E-state index contributed by atoms with van der Waals surface area (Å²) >= 11 is 0. The van der Waals surface area contributed by atoms with Crippen molar-refractivity contribution in [3.8, 4) is 0 Å². The third-order valence-electron chi connectivity index (χ3n) is 3.14. The van der Waals surface area contributed by atoms with Gasteiger partial charge in [-0.3, -0.25) is 9.59 Å². The van der Waals surface area contributed by atoms with Crippen molar-refractivity contribution >= 4 is 11.8 Å². The Morgan fingerprint density at radius 2 is 1.70 bits per heavy atom. The molecule has 0 aromatic heterocycles. The molecule has 0 saturated heterocycles. The lowest BCUT2D eigenvalue weighted by Crippen LogP contribution is -2.45. The van der Waals surface area contributed by atoms with Gasteiger partial charge >= 0.3 is 11.8 Å². The van der Waals surface area contributed by atoms with Gasteiger partial charge < -0.3 is 15.7 Å². The Bertz CT molecular complexity index is 439. The first-order chi connectivity index (χ1) is 9.60. The van der Waals surface area contributed by atoms with E-state index in [4.69, 9.17) is 5.11 Å². The average molecular weight is 278 g/mol. The highest BCUT2D eigenvalue weighted by atomic mass is 16.3. The maximum atomic E-state index is 11.6. The van der Waals surface area contributed by atoms with Crippen molar-refractivity contribution in [2.75, 3.05) is 6.61 Å². The van der Waals surface area contributed by atoms with E-state index in [1.54, 1.807) is 0 Å². The molecule has 5 heteroatoms. The van der Waals surface area contributed by atoms with Gasteiger partial charge in [0, 0.05) is 6.54 Å². The molecule has 0 radical (unpaired) electrons. The van der Waals surface area contributed by atoms with Crippen molar-refractivity contribution in [3.63, 3.8) is 0 Å². The van der Waals surface area contributed by atoms with E-state index in [1.165, 1.54) is 5.56 Å². The minimum absolute atomic E-state index is 0.173. The molecule has 0 aliphatic heterocycles. The molecular formula is C15H22N2O3. The molecule has 1 rings (SSSR count). The number of nitrogens with one attached hydrogen (secondary N) is 2. The third kappa shape index (κ3) is 5.01. The molecule has 1 aromatic carbocycles. The first-order valence-corrected chi connectivity index (χ1v) is 6.88. The van der Waals surface area contributed by atoms with Crippen molar-refractivity contribution in [2.24, 2.45) is 0 Å². The summed E-state index contributed by atoms with van der Waals surface area (Å²) in [6.45, 7) is 4.04. The highest BCUT2D eigenvalue weighted by Crippen LogP contribution is 2.04. The first-order valence-electron chi connectivity index (χ1n) is 6.88. The fraction of sp³-hybridized carbons (Fsp3) is 0.467. The van der Waals surface area contributed by atoms with E-state index in [0.29, 0.717) is 13.0 Å². The average Bonchev–Trinajstić information content (AvgIpc) is 2.50. The number of aliphatic hydroxyl groups excluding tert-OH is 1. The highest BCUT2D eigenvalue weighted by Gasteiger charge is 2.16. The molecule has 2 amide bonds. The summed E-state index contributed by atoms with van der Waals surface area (Å²) in [5, 5.41) is 14.0. The molecule has 5 nitrogen and oxygen atoms in total. The van der Waals surface area contributed by atoms with Crippen LogP contribution in [0.15, 0.2) is 24.3 Å². The fourth-order valence-corrected chi connectivity index (χ4v) is 1.68. The summed E-state index contributed by atoms with van der Waals surface area (Å²) in [7, 11) is 0. The zero-order valence-corrected chi connectivity index (χ0v) is 12.0. The van der Waals surface area contributed by atoms with E-state index in [1.807, 2.05) is 31.2 Å². The van der Waals surface area contributed by atoms with Gasteiger partial charge in [-0.1, -0.05) is 38.1 Å². The Hall–Kier alpha value is -1.88. The second kappa shape index (κ2) is 8.32. The Morgan fingerprint density at radius 3 is 2.20 bits per heavy atom. The maximum Gasteiger partial charge on any atom is 0.309 e. The van der Waals surface area contributed by atoms with Crippen molar-refractivity contribution in [2.45, 2.75) is 39.3 Å². The smallest absolute Gasteiger partial charge is 0.309 e. The molecule has 20 heavy (non-hydrogen) atoms. The third-order valence-corrected chi connectivity index (χ3v) is 3.14. The number of aryl methyl sites for hydroxylation is 1.